The quantitative estimate of drug-likeness (QED) is 0.367. The first-order chi connectivity index (χ1) is 12.9. The molecule has 0 saturated carbocycles. The lowest BCUT2D eigenvalue weighted by molar-refractivity contribution is 0.989. The maximum Gasteiger partial charge on any atom is 0.234 e. The van der Waals surface area contributed by atoms with Gasteiger partial charge in [0.2, 0.25) is 5.95 Å². The van der Waals surface area contributed by atoms with Crippen molar-refractivity contribution in [2.45, 2.75) is 0 Å². The lowest BCUT2D eigenvalue weighted by atomic mass is 10.1. The molecule has 3 nitrogen and oxygen atoms in total. The van der Waals surface area contributed by atoms with Gasteiger partial charge in [-0.2, -0.15) is 0 Å². The molecule has 0 fully saturated rings. The van der Waals surface area contributed by atoms with Crippen LogP contribution in [-0.4, -0.2) is 14.5 Å². The molecule has 0 aliphatic rings. The topological polar surface area (TPSA) is 30.7 Å². The first kappa shape index (κ1) is 14.0. The minimum Gasteiger partial charge on any atom is -0.278 e. The van der Waals surface area contributed by atoms with Gasteiger partial charge in [0.15, 0.2) is 0 Å². The standard InChI is InChI=1S/C22H13N3S/c1-3-8-17-16(7-1)20-18(25(17)22-23-12-5-13-24-22)11-10-15-14-6-2-4-9-19(14)26-21(15)20/h1-13H. The van der Waals surface area contributed by atoms with Gasteiger partial charge in [-0.1, -0.05) is 42.5 Å². The summed E-state index contributed by atoms with van der Waals surface area (Å²) in [4.78, 5) is 9.00. The Morgan fingerprint density at radius 1 is 0.654 bits per heavy atom. The number of benzene rings is 3. The third-order valence-corrected chi connectivity index (χ3v) is 6.14. The van der Waals surface area contributed by atoms with Crippen molar-refractivity contribution in [2.75, 3.05) is 0 Å². The van der Waals surface area contributed by atoms with Crippen molar-refractivity contribution in [3.63, 3.8) is 0 Å². The van der Waals surface area contributed by atoms with Crippen molar-refractivity contribution in [1.29, 1.82) is 0 Å². The highest BCUT2D eigenvalue weighted by atomic mass is 32.1. The smallest absolute Gasteiger partial charge is 0.234 e. The number of rotatable bonds is 1. The van der Waals surface area contributed by atoms with Crippen LogP contribution in [0.1, 0.15) is 0 Å². The summed E-state index contributed by atoms with van der Waals surface area (Å²) in [5, 5.41) is 5.16. The summed E-state index contributed by atoms with van der Waals surface area (Å²) in [7, 11) is 0. The first-order valence-corrected chi connectivity index (χ1v) is 9.34. The van der Waals surface area contributed by atoms with Gasteiger partial charge in [0.1, 0.15) is 0 Å². The SMILES string of the molecule is c1cnc(-n2c3ccccc3c3c4sc5ccccc5c4ccc32)nc1. The van der Waals surface area contributed by atoms with E-state index in [4.69, 9.17) is 0 Å². The predicted molar refractivity (Wildman–Crippen MR) is 109 cm³/mol. The van der Waals surface area contributed by atoms with Crippen LogP contribution in [0.15, 0.2) is 79.1 Å². The molecule has 0 saturated heterocycles. The van der Waals surface area contributed by atoms with Gasteiger partial charge in [0, 0.05) is 43.3 Å². The van der Waals surface area contributed by atoms with Gasteiger partial charge in [0.25, 0.3) is 0 Å². The molecule has 3 aromatic carbocycles. The molecule has 0 radical (unpaired) electrons. The van der Waals surface area contributed by atoms with Crippen LogP contribution in [-0.2, 0) is 0 Å². The number of hydrogen-bond acceptors (Lipinski definition) is 3. The van der Waals surface area contributed by atoms with E-state index < -0.39 is 0 Å². The maximum absolute atomic E-state index is 4.50. The fourth-order valence-corrected chi connectivity index (χ4v) is 5.12. The second-order valence-corrected chi connectivity index (χ2v) is 7.39. The molecule has 0 atom stereocenters. The van der Waals surface area contributed by atoms with Crippen LogP contribution in [0.2, 0.25) is 0 Å². The second-order valence-electron chi connectivity index (χ2n) is 6.34. The van der Waals surface area contributed by atoms with Crippen LogP contribution < -0.4 is 0 Å². The number of nitrogens with zero attached hydrogens (tertiary/aromatic N) is 3. The molecule has 3 aromatic heterocycles. The van der Waals surface area contributed by atoms with Crippen molar-refractivity contribution in [1.82, 2.24) is 14.5 Å². The molecule has 0 aliphatic heterocycles. The maximum atomic E-state index is 4.50. The Balaban J connectivity index is 1.89. The summed E-state index contributed by atoms with van der Waals surface area (Å²) >= 11 is 1.86. The lowest BCUT2D eigenvalue weighted by Gasteiger charge is -2.04. The average Bonchev–Trinajstić information content (AvgIpc) is 3.24. The molecule has 0 aliphatic carbocycles. The zero-order valence-electron chi connectivity index (χ0n) is 13.8. The van der Waals surface area contributed by atoms with Crippen LogP contribution in [0.4, 0.5) is 0 Å². The third kappa shape index (κ3) is 1.77. The van der Waals surface area contributed by atoms with Crippen molar-refractivity contribution in [2.24, 2.45) is 0 Å². The molecule has 4 heteroatoms. The summed E-state index contributed by atoms with van der Waals surface area (Å²) in [6.07, 6.45) is 3.59. The first-order valence-electron chi connectivity index (χ1n) is 8.52. The zero-order chi connectivity index (χ0) is 17.1. The molecule has 0 N–H and O–H groups in total. The Bertz CT molecular complexity index is 1430. The minimum atomic E-state index is 0.708. The molecular weight excluding hydrogens is 338 g/mol. The van der Waals surface area contributed by atoms with Crippen LogP contribution in [0.5, 0.6) is 0 Å². The second kappa shape index (κ2) is 5.13. The molecule has 3 heterocycles. The van der Waals surface area contributed by atoms with E-state index in [-0.39, 0.29) is 0 Å². The fraction of sp³-hybridized carbons (Fsp3) is 0. The Hall–Kier alpha value is -3.24. The number of aromatic nitrogens is 3. The van der Waals surface area contributed by atoms with Crippen molar-refractivity contribution in [3.8, 4) is 5.95 Å². The normalized spacial score (nSPS) is 11.8. The van der Waals surface area contributed by atoms with Gasteiger partial charge in [0.05, 0.1) is 11.0 Å². The molecule has 26 heavy (non-hydrogen) atoms. The van der Waals surface area contributed by atoms with Crippen LogP contribution >= 0.6 is 11.3 Å². The number of fused-ring (bicyclic) bond motifs is 7. The van der Waals surface area contributed by atoms with E-state index in [0.29, 0.717) is 5.95 Å². The molecule has 0 bridgehead atoms. The van der Waals surface area contributed by atoms with E-state index in [1.165, 1.54) is 30.9 Å². The summed E-state index contributed by atoms with van der Waals surface area (Å²) < 4.78 is 4.81. The van der Waals surface area contributed by atoms with Gasteiger partial charge >= 0.3 is 0 Å². The monoisotopic (exact) mass is 351 g/mol. The molecular formula is C22H13N3S. The summed E-state index contributed by atoms with van der Waals surface area (Å²) in [6.45, 7) is 0. The highest BCUT2D eigenvalue weighted by molar-refractivity contribution is 7.26. The Labute approximate surface area is 153 Å². The van der Waals surface area contributed by atoms with Crippen molar-refractivity contribution in [3.05, 3.63) is 79.1 Å². The van der Waals surface area contributed by atoms with Crippen LogP contribution in [0.25, 0.3) is 47.9 Å². The number of thiophene rings is 1. The largest absolute Gasteiger partial charge is 0.278 e. The van der Waals surface area contributed by atoms with E-state index in [0.717, 1.165) is 11.0 Å². The Morgan fingerprint density at radius 2 is 1.42 bits per heavy atom. The van der Waals surface area contributed by atoms with Gasteiger partial charge in [-0.05, 0) is 24.3 Å². The summed E-state index contributed by atoms with van der Waals surface area (Å²) in [5.41, 5.74) is 2.29. The van der Waals surface area contributed by atoms with Crippen LogP contribution in [0, 0.1) is 0 Å². The molecule has 0 unspecified atom stereocenters. The summed E-state index contributed by atoms with van der Waals surface area (Å²) in [5.74, 6) is 0.708. The number of hydrogen-bond donors (Lipinski definition) is 0. The van der Waals surface area contributed by atoms with Gasteiger partial charge in [-0.3, -0.25) is 4.57 Å². The van der Waals surface area contributed by atoms with Crippen LogP contribution in [0.3, 0.4) is 0 Å². The molecule has 0 amide bonds. The Kier molecular flexibility index (Phi) is 2.76. The molecule has 0 spiro atoms. The summed E-state index contributed by atoms with van der Waals surface area (Å²) in [6, 6.07) is 23.4. The van der Waals surface area contributed by atoms with Gasteiger partial charge in [-0.15, -0.1) is 11.3 Å². The van der Waals surface area contributed by atoms with Crippen molar-refractivity contribution >= 4 is 53.3 Å². The average molecular weight is 351 g/mol. The van der Waals surface area contributed by atoms with E-state index in [2.05, 4.69) is 75.2 Å². The highest BCUT2D eigenvalue weighted by Crippen LogP contribution is 2.42. The zero-order valence-corrected chi connectivity index (χ0v) is 14.6. The van der Waals surface area contributed by atoms with E-state index >= 15 is 0 Å². The van der Waals surface area contributed by atoms with E-state index in [1.807, 2.05) is 17.4 Å². The van der Waals surface area contributed by atoms with E-state index in [1.54, 1.807) is 12.4 Å². The predicted octanol–water partition coefficient (Wildman–Crippen LogP) is 5.94. The number of para-hydroxylation sites is 1. The Morgan fingerprint density at radius 3 is 2.31 bits per heavy atom. The molecule has 6 aromatic rings. The van der Waals surface area contributed by atoms with Gasteiger partial charge < -0.3 is 0 Å². The van der Waals surface area contributed by atoms with Gasteiger partial charge in [-0.25, -0.2) is 9.97 Å². The highest BCUT2D eigenvalue weighted by Gasteiger charge is 2.17. The van der Waals surface area contributed by atoms with E-state index in [9.17, 15) is 0 Å². The fourth-order valence-electron chi connectivity index (χ4n) is 3.86. The molecule has 6 rings (SSSR count). The lowest BCUT2D eigenvalue weighted by Crippen LogP contribution is -1.99. The van der Waals surface area contributed by atoms with Crippen molar-refractivity contribution < 1.29 is 0 Å². The minimum absolute atomic E-state index is 0.708. The molecule has 122 valence electrons. The third-order valence-electron chi connectivity index (χ3n) is 4.93.